The van der Waals surface area contributed by atoms with Crippen molar-refractivity contribution in [1.82, 2.24) is 4.90 Å². The van der Waals surface area contributed by atoms with Gasteiger partial charge in [0, 0.05) is 35.3 Å². The topological polar surface area (TPSA) is 113 Å². The number of hydrogen-bond acceptors (Lipinski definition) is 4. The van der Waals surface area contributed by atoms with Gasteiger partial charge in [-0.25, -0.2) is 0 Å². The first-order valence-electron chi connectivity index (χ1n) is 10.5. The molecule has 3 aromatic carbocycles. The zero-order valence-electron chi connectivity index (χ0n) is 17.5. The van der Waals surface area contributed by atoms with Crippen LogP contribution >= 0.6 is 0 Å². The lowest BCUT2D eigenvalue weighted by atomic mass is 10.0. The van der Waals surface area contributed by atoms with E-state index in [0.29, 0.717) is 28.1 Å². The number of carbonyl (C=O) groups excluding carboxylic acids is 4. The van der Waals surface area contributed by atoms with E-state index in [4.69, 9.17) is 5.73 Å². The number of amides is 4. The number of fused-ring (bicyclic) bond motifs is 5. The Morgan fingerprint density at radius 2 is 1.52 bits per heavy atom. The highest BCUT2D eigenvalue weighted by Gasteiger charge is 2.47. The second-order valence-electron chi connectivity index (χ2n) is 7.89. The standard InChI is InChI=1S/C25H20N4O4/c26-22(31)15-9-11-16(12-10-15)27-21(30)13-14-28-23-17-5-1-2-6-18(17)25(33)29(23)20-8-4-3-7-19(20)24(28)32/h1-12,23H,13-14H2,(H2,26,31)(H,27,30)/t23-/m1/s1. The Balaban J connectivity index is 1.39. The van der Waals surface area contributed by atoms with E-state index in [2.05, 4.69) is 5.32 Å². The summed E-state index contributed by atoms with van der Waals surface area (Å²) in [6.45, 7) is 0.126. The van der Waals surface area contributed by atoms with Crippen LogP contribution in [0, 0.1) is 0 Å². The Bertz CT molecular complexity index is 1300. The van der Waals surface area contributed by atoms with Crippen molar-refractivity contribution in [2.24, 2.45) is 5.73 Å². The van der Waals surface area contributed by atoms with Gasteiger partial charge in [-0.15, -0.1) is 0 Å². The molecule has 2 heterocycles. The summed E-state index contributed by atoms with van der Waals surface area (Å²) in [6, 6.07) is 20.5. The Hall–Kier alpha value is -4.46. The molecule has 2 aliphatic heterocycles. The third-order valence-corrected chi connectivity index (χ3v) is 5.92. The maximum absolute atomic E-state index is 13.4. The number of nitrogens with two attached hydrogens (primary N) is 1. The van der Waals surface area contributed by atoms with E-state index in [9.17, 15) is 19.2 Å². The maximum Gasteiger partial charge on any atom is 0.260 e. The van der Waals surface area contributed by atoms with Crippen LogP contribution in [0.4, 0.5) is 11.4 Å². The lowest BCUT2D eigenvalue weighted by molar-refractivity contribution is -0.116. The molecular weight excluding hydrogens is 420 g/mol. The predicted molar refractivity (Wildman–Crippen MR) is 122 cm³/mol. The van der Waals surface area contributed by atoms with Gasteiger partial charge in [-0.2, -0.15) is 0 Å². The molecule has 3 N–H and O–H groups in total. The highest BCUT2D eigenvalue weighted by molar-refractivity contribution is 6.16. The van der Waals surface area contributed by atoms with Crippen LogP contribution in [0.1, 0.15) is 49.2 Å². The Labute approximate surface area is 189 Å². The minimum absolute atomic E-state index is 0.0339. The Morgan fingerprint density at radius 3 is 2.24 bits per heavy atom. The SMILES string of the molecule is NC(=O)c1ccc(NC(=O)CCN2C(=O)c3ccccc3N3C(=O)c4ccccc4[C@H]23)cc1. The monoisotopic (exact) mass is 440 g/mol. The van der Waals surface area contributed by atoms with Crippen molar-refractivity contribution in [3.63, 3.8) is 0 Å². The van der Waals surface area contributed by atoms with Gasteiger partial charge in [-0.3, -0.25) is 24.1 Å². The summed E-state index contributed by atoms with van der Waals surface area (Å²) < 4.78 is 0. The van der Waals surface area contributed by atoms with Gasteiger partial charge in [0.2, 0.25) is 11.8 Å². The molecule has 0 spiro atoms. The minimum atomic E-state index is -0.598. The second kappa shape index (κ2) is 7.90. The molecule has 33 heavy (non-hydrogen) atoms. The number of primary amides is 1. The molecule has 0 radical (unpaired) electrons. The van der Waals surface area contributed by atoms with Gasteiger partial charge in [0.05, 0.1) is 11.3 Å². The first kappa shape index (κ1) is 20.4. The number of nitrogens with zero attached hydrogens (tertiary/aromatic N) is 2. The average Bonchev–Trinajstić information content (AvgIpc) is 3.12. The van der Waals surface area contributed by atoms with E-state index < -0.39 is 12.1 Å². The van der Waals surface area contributed by atoms with Crippen LogP contribution in [0.5, 0.6) is 0 Å². The number of carbonyl (C=O) groups is 4. The van der Waals surface area contributed by atoms with Gasteiger partial charge < -0.3 is 16.0 Å². The van der Waals surface area contributed by atoms with Gasteiger partial charge in [0.25, 0.3) is 11.8 Å². The second-order valence-corrected chi connectivity index (χ2v) is 7.89. The lowest BCUT2D eigenvalue weighted by Gasteiger charge is -2.40. The highest BCUT2D eigenvalue weighted by Crippen LogP contribution is 2.45. The zero-order valence-corrected chi connectivity index (χ0v) is 17.5. The highest BCUT2D eigenvalue weighted by atomic mass is 16.2. The summed E-state index contributed by atoms with van der Waals surface area (Å²) in [5.74, 6) is -1.24. The van der Waals surface area contributed by atoms with E-state index in [0.717, 1.165) is 5.56 Å². The molecule has 1 atom stereocenters. The summed E-state index contributed by atoms with van der Waals surface area (Å²) in [6.07, 6.45) is -0.564. The van der Waals surface area contributed by atoms with Crippen LogP contribution < -0.4 is 16.0 Å². The molecule has 164 valence electrons. The Kier molecular flexibility index (Phi) is 4.90. The Morgan fingerprint density at radius 1 is 0.848 bits per heavy atom. The van der Waals surface area contributed by atoms with Crippen LogP contribution in [0.2, 0.25) is 0 Å². The van der Waals surface area contributed by atoms with Crippen LogP contribution in [0.25, 0.3) is 0 Å². The molecule has 8 nitrogen and oxygen atoms in total. The van der Waals surface area contributed by atoms with Crippen molar-refractivity contribution >= 4 is 35.0 Å². The third kappa shape index (κ3) is 3.41. The number of para-hydroxylation sites is 1. The van der Waals surface area contributed by atoms with Gasteiger partial charge >= 0.3 is 0 Å². The largest absolute Gasteiger partial charge is 0.366 e. The van der Waals surface area contributed by atoms with Crippen molar-refractivity contribution in [1.29, 1.82) is 0 Å². The molecule has 3 aromatic rings. The van der Waals surface area contributed by atoms with Crippen LogP contribution in [0.3, 0.4) is 0 Å². The zero-order chi connectivity index (χ0) is 23.1. The van der Waals surface area contributed by atoms with Crippen LogP contribution in [-0.2, 0) is 4.79 Å². The number of anilines is 2. The third-order valence-electron chi connectivity index (χ3n) is 5.92. The predicted octanol–water partition coefficient (Wildman–Crippen LogP) is 2.93. The fourth-order valence-electron chi connectivity index (χ4n) is 4.36. The molecule has 2 aliphatic rings. The van der Waals surface area contributed by atoms with Gasteiger partial charge in [-0.1, -0.05) is 30.3 Å². The molecule has 8 heteroatoms. The van der Waals surface area contributed by atoms with Crippen LogP contribution in [0.15, 0.2) is 72.8 Å². The normalized spacial score (nSPS) is 16.2. The fourth-order valence-corrected chi connectivity index (χ4v) is 4.36. The van der Waals surface area contributed by atoms with Crippen molar-refractivity contribution < 1.29 is 19.2 Å². The number of rotatable bonds is 5. The van der Waals surface area contributed by atoms with E-state index in [1.165, 1.54) is 12.1 Å². The lowest BCUT2D eigenvalue weighted by Crippen LogP contribution is -2.48. The maximum atomic E-state index is 13.4. The summed E-state index contributed by atoms with van der Waals surface area (Å²) in [4.78, 5) is 53.5. The van der Waals surface area contributed by atoms with Crippen molar-refractivity contribution in [2.45, 2.75) is 12.6 Å². The van der Waals surface area contributed by atoms with E-state index in [1.807, 2.05) is 12.1 Å². The number of nitrogens with one attached hydrogen (secondary N) is 1. The molecule has 0 aromatic heterocycles. The quantitative estimate of drug-likeness (QED) is 0.635. The van der Waals surface area contributed by atoms with Crippen molar-refractivity contribution in [3.05, 3.63) is 95.1 Å². The number of hydrogen-bond donors (Lipinski definition) is 2. The van der Waals surface area contributed by atoms with E-state index in [1.54, 1.807) is 58.3 Å². The summed E-state index contributed by atoms with van der Waals surface area (Å²) in [5, 5.41) is 2.76. The summed E-state index contributed by atoms with van der Waals surface area (Å²) in [5.41, 5.74) is 8.39. The molecule has 0 saturated heterocycles. The molecule has 0 bridgehead atoms. The average molecular weight is 440 g/mol. The molecule has 0 unspecified atom stereocenters. The molecule has 0 aliphatic carbocycles. The van der Waals surface area contributed by atoms with E-state index in [-0.39, 0.29) is 30.7 Å². The summed E-state index contributed by atoms with van der Waals surface area (Å²) >= 11 is 0. The van der Waals surface area contributed by atoms with Gasteiger partial charge in [-0.05, 0) is 42.5 Å². The minimum Gasteiger partial charge on any atom is -0.366 e. The molecular formula is C25H20N4O4. The summed E-state index contributed by atoms with van der Waals surface area (Å²) in [7, 11) is 0. The van der Waals surface area contributed by atoms with Gasteiger partial charge in [0.1, 0.15) is 6.17 Å². The molecule has 0 saturated carbocycles. The van der Waals surface area contributed by atoms with Gasteiger partial charge in [0.15, 0.2) is 0 Å². The first-order valence-corrected chi connectivity index (χ1v) is 10.5. The van der Waals surface area contributed by atoms with Crippen molar-refractivity contribution in [2.75, 3.05) is 16.8 Å². The number of benzene rings is 3. The molecule has 0 fully saturated rings. The first-order chi connectivity index (χ1) is 16.0. The smallest absolute Gasteiger partial charge is 0.260 e. The molecule has 5 rings (SSSR count). The fraction of sp³-hybridized carbons (Fsp3) is 0.120. The molecule has 4 amide bonds. The van der Waals surface area contributed by atoms with E-state index >= 15 is 0 Å². The van der Waals surface area contributed by atoms with Crippen molar-refractivity contribution in [3.8, 4) is 0 Å². The van der Waals surface area contributed by atoms with Crippen LogP contribution in [-0.4, -0.2) is 35.1 Å².